The van der Waals surface area contributed by atoms with Gasteiger partial charge in [0.25, 0.3) is 0 Å². The second-order valence-electron chi connectivity index (χ2n) is 3.67. The lowest BCUT2D eigenvalue weighted by Crippen LogP contribution is -2.01. The van der Waals surface area contributed by atoms with Gasteiger partial charge in [0.15, 0.2) is 0 Å². The predicted molar refractivity (Wildman–Crippen MR) is 72.5 cm³/mol. The first-order valence-electron chi connectivity index (χ1n) is 5.08. The summed E-state index contributed by atoms with van der Waals surface area (Å²) in [6, 6.07) is 8.28. The fraction of sp³-hybridized carbons (Fsp3) is 0.250. The van der Waals surface area contributed by atoms with Crippen LogP contribution in [0.3, 0.4) is 0 Å². The highest BCUT2D eigenvalue weighted by Crippen LogP contribution is 2.16. The third-order valence-corrected chi connectivity index (χ3v) is 3.15. The number of benzene rings is 1. The maximum Gasteiger partial charge on any atom is 0.138 e. The van der Waals surface area contributed by atoms with Crippen LogP contribution in [0.15, 0.2) is 28.8 Å². The van der Waals surface area contributed by atoms with Crippen LogP contribution in [0.25, 0.3) is 0 Å². The molecule has 1 aromatic heterocycles. The Bertz CT molecular complexity index is 474. The van der Waals surface area contributed by atoms with E-state index in [0.29, 0.717) is 0 Å². The maximum atomic E-state index is 5.12. The molecule has 0 atom stereocenters. The van der Waals surface area contributed by atoms with Crippen LogP contribution in [0.2, 0.25) is 0 Å². The third-order valence-electron chi connectivity index (χ3n) is 2.48. The highest BCUT2D eigenvalue weighted by atomic mass is 127. The Kier molecular flexibility index (Phi) is 3.48. The molecule has 2 rings (SSSR count). The van der Waals surface area contributed by atoms with E-state index < -0.39 is 0 Å². The summed E-state index contributed by atoms with van der Waals surface area (Å²) in [5.74, 6) is 0.885. The van der Waals surface area contributed by atoms with Crippen molar-refractivity contribution in [3.8, 4) is 0 Å². The molecule has 0 spiro atoms. The van der Waals surface area contributed by atoms with Crippen molar-refractivity contribution in [1.29, 1.82) is 0 Å². The first-order chi connectivity index (χ1) is 7.66. The molecular weight excluding hydrogens is 315 g/mol. The molecule has 0 saturated carbocycles. The van der Waals surface area contributed by atoms with Gasteiger partial charge in [-0.3, -0.25) is 0 Å². The molecule has 1 N–H and O–H groups in total. The Morgan fingerprint density at radius 2 is 2.19 bits per heavy atom. The van der Waals surface area contributed by atoms with Gasteiger partial charge < -0.3 is 9.84 Å². The number of nitrogens with one attached hydrogen (secondary N) is 1. The van der Waals surface area contributed by atoms with E-state index in [4.69, 9.17) is 4.52 Å². The van der Waals surface area contributed by atoms with Crippen molar-refractivity contribution in [2.24, 2.45) is 0 Å². The minimum atomic E-state index is 0.751. The van der Waals surface area contributed by atoms with Crippen LogP contribution in [0.4, 0.5) is 5.69 Å². The van der Waals surface area contributed by atoms with Crippen LogP contribution in [-0.4, -0.2) is 5.16 Å². The van der Waals surface area contributed by atoms with E-state index in [1.54, 1.807) is 0 Å². The normalized spacial score (nSPS) is 10.4. The largest absolute Gasteiger partial charge is 0.381 e. The van der Waals surface area contributed by atoms with Crippen molar-refractivity contribution in [3.63, 3.8) is 0 Å². The average Bonchev–Trinajstić information content (AvgIpc) is 2.56. The number of aryl methyl sites for hydroxylation is 2. The Morgan fingerprint density at radius 3 is 2.81 bits per heavy atom. The molecule has 84 valence electrons. The van der Waals surface area contributed by atoms with Crippen LogP contribution in [0, 0.1) is 17.4 Å². The van der Waals surface area contributed by atoms with E-state index in [9.17, 15) is 0 Å². The van der Waals surface area contributed by atoms with Crippen molar-refractivity contribution < 1.29 is 4.52 Å². The summed E-state index contributed by atoms with van der Waals surface area (Å²) in [5.41, 5.74) is 3.21. The van der Waals surface area contributed by atoms with Gasteiger partial charge >= 0.3 is 0 Å². The van der Waals surface area contributed by atoms with E-state index in [-0.39, 0.29) is 0 Å². The minimum Gasteiger partial charge on any atom is -0.381 e. The van der Waals surface area contributed by atoms with Gasteiger partial charge in [-0.1, -0.05) is 11.2 Å². The van der Waals surface area contributed by atoms with E-state index in [1.165, 1.54) is 3.57 Å². The molecule has 0 aliphatic rings. The molecule has 0 aliphatic heterocycles. The van der Waals surface area contributed by atoms with Crippen LogP contribution in [0.1, 0.15) is 17.0 Å². The average molecular weight is 328 g/mol. The summed E-state index contributed by atoms with van der Waals surface area (Å²) in [7, 11) is 0. The molecule has 0 aliphatic carbocycles. The zero-order valence-corrected chi connectivity index (χ0v) is 11.4. The molecule has 16 heavy (non-hydrogen) atoms. The van der Waals surface area contributed by atoms with Gasteiger partial charge in [-0.05, 0) is 54.6 Å². The van der Waals surface area contributed by atoms with E-state index in [0.717, 1.165) is 29.2 Å². The number of hydrogen-bond acceptors (Lipinski definition) is 3. The van der Waals surface area contributed by atoms with E-state index >= 15 is 0 Å². The minimum absolute atomic E-state index is 0.751. The molecule has 0 saturated heterocycles. The molecule has 3 nitrogen and oxygen atoms in total. The molecule has 2 aromatic rings. The number of aromatic nitrogens is 1. The molecule has 1 aromatic carbocycles. The fourth-order valence-corrected chi connectivity index (χ4v) is 2.09. The fourth-order valence-electron chi connectivity index (χ4n) is 1.54. The van der Waals surface area contributed by atoms with Crippen LogP contribution >= 0.6 is 22.6 Å². The monoisotopic (exact) mass is 328 g/mol. The second kappa shape index (κ2) is 4.86. The topological polar surface area (TPSA) is 38.1 Å². The van der Waals surface area contributed by atoms with Crippen LogP contribution < -0.4 is 5.32 Å². The smallest absolute Gasteiger partial charge is 0.138 e. The summed E-state index contributed by atoms with van der Waals surface area (Å²) >= 11 is 2.30. The maximum absolute atomic E-state index is 5.12. The van der Waals surface area contributed by atoms with Crippen molar-refractivity contribution in [2.45, 2.75) is 20.4 Å². The molecule has 0 fully saturated rings. The lowest BCUT2D eigenvalue weighted by atomic mass is 10.2. The first kappa shape index (κ1) is 11.4. The number of anilines is 1. The van der Waals surface area contributed by atoms with Gasteiger partial charge in [-0.2, -0.15) is 0 Å². The Morgan fingerprint density at radius 1 is 1.38 bits per heavy atom. The lowest BCUT2D eigenvalue weighted by molar-refractivity contribution is 0.392. The quantitative estimate of drug-likeness (QED) is 0.877. The molecule has 0 amide bonds. The van der Waals surface area contributed by atoms with Gasteiger partial charge in [0.1, 0.15) is 5.76 Å². The summed E-state index contributed by atoms with van der Waals surface area (Å²) in [5, 5.41) is 7.29. The number of halogens is 1. The second-order valence-corrected chi connectivity index (χ2v) is 4.91. The van der Waals surface area contributed by atoms with Gasteiger partial charge in [-0.25, -0.2) is 0 Å². The molecular formula is C12H13IN2O. The number of hydrogen-bond donors (Lipinski definition) is 1. The highest BCUT2D eigenvalue weighted by Gasteiger charge is 2.07. The predicted octanol–water partition coefficient (Wildman–Crippen LogP) is 3.51. The summed E-state index contributed by atoms with van der Waals surface area (Å²) in [6.45, 7) is 4.65. The number of rotatable bonds is 3. The molecule has 1 heterocycles. The van der Waals surface area contributed by atoms with Crippen molar-refractivity contribution in [3.05, 3.63) is 44.9 Å². The number of nitrogens with zero attached hydrogens (tertiary/aromatic N) is 1. The molecule has 4 heteroatoms. The van der Waals surface area contributed by atoms with Gasteiger partial charge in [0, 0.05) is 21.4 Å². The lowest BCUT2D eigenvalue weighted by Gasteiger charge is -2.06. The van der Waals surface area contributed by atoms with E-state index in [2.05, 4.69) is 51.3 Å². The Hall–Kier alpha value is -1.04. The third kappa shape index (κ3) is 2.55. The SMILES string of the molecule is Cc1noc(C)c1CNc1cccc(I)c1. The standard InChI is InChI=1S/C12H13IN2O/c1-8-12(9(2)16-15-8)7-14-11-5-3-4-10(13)6-11/h3-6,14H,7H2,1-2H3. The van der Waals surface area contributed by atoms with Crippen molar-refractivity contribution in [2.75, 3.05) is 5.32 Å². The molecule has 0 unspecified atom stereocenters. The van der Waals surface area contributed by atoms with Gasteiger partial charge in [-0.15, -0.1) is 0 Å². The highest BCUT2D eigenvalue weighted by molar-refractivity contribution is 14.1. The molecule has 0 radical (unpaired) electrons. The van der Waals surface area contributed by atoms with Gasteiger partial charge in [0.05, 0.1) is 5.69 Å². The summed E-state index contributed by atoms with van der Waals surface area (Å²) in [6.07, 6.45) is 0. The van der Waals surface area contributed by atoms with Crippen LogP contribution in [0.5, 0.6) is 0 Å². The summed E-state index contributed by atoms with van der Waals surface area (Å²) < 4.78 is 6.34. The van der Waals surface area contributed by atoms with Crippen molar-refractivity contribution >= 4 is 28.3 Å². The van der Waals surface area contributed by atoms with Gasteiger partial charge in [0.2, 0.25) is 0 Å². The molecule has 0 bridgehead atoms. The zero-order valence-electron chi connectivity index (χ0n) is 9.25. The first-order valence-corrected chi connectivity index (χ1v) is 6.16. The van der Waals surface area contributed by atoms with Crippen LogP contribution in [-0.2, 0) is 6.54 Å². The summed E-state index contributed by atoms with van der Waals surface area (Å²) in [4.78, 5) is 0. The zero-order chi connectivity index (χ0) is 11.5. The van der Waals surface area contributed by atoms with Crippen molar-refractivity contribution in [1.82, 2.24) is 5.16 Å². The Balaban J connectivity index is 2.08. The van der Waals surface area contributed by atoms with E-state index in [1.807, 2.05) is 19.9 Å². The Labute approximate surface area is 108 Å².